The molecular weight excluding hydrogens is 386 g/mol. The minimum Gasteiger partial charge on any atom is -0.481 e. The first kappa shape index (κ1) is 21.4. The molecule has 2 N–H and O–H groups in total. The number of aliphatic carboxylic acids is 1. The average Bonchev–Trinajstić information content (AvgIpc) is 3.02. The van der Waals surface area contributed by atoms with Gasteiger partial charge in [0.15, 0.2) is 0 Å². The van der Waals surface area contributed by atoms with Crippen molar-refractivity contribution in [2.75, 3.05) is 0 Å². The summed E-state index contributed by atoms with van der Waals surface area (Å²) in [6.07, 6.45) is 3.92. The first-order chi connectivity index (χ1) is 12.8. The fourth-order valence-electron chi connectivity index (χ4n) is 3.23. The summed E-state index contributed by atoms with van der Waals surface area (Å²) in [5.74, 6) is -0.487. The molecule has 0 heterocycles. The van der Waals surface area contributed by atoms with Gasteiger partial charge in [-0.1, -0.05) is 48.4 Å². The van der Waals surface area contributed by atoms with Gasteiger partial charge in [0, 0.05) is 18.0 Å². The van der Waals surface area contributed by atoms with Crippen LogP contribution in [0.5, 0.6) is 0 Å². The third kappa shape index (κ3) is 6.97. The lowest BCUT2D eigenvalue weighted by atomic mass is 9.95. The molecule has 27 heavy (non-hydrogen) atoms. The smallest absolute Gasteiger partial charge is 0.300 e. The van der Waals surface area contributed by atoms with E-state index < -0.39 is 16.0 Å². The first-order valence-corrected chi connectivity index (χ1v) is 10.7. The number of carbonyl (C=O) groups is 1. The Kier molecular flexibility index (Phi) is 7.83. The van der Waals surface area contributed by atoms with E-state index in [1.54, 1.807) is 24.3 Å². The maximum Gasteiger partial charge on any atom is 0.300 e. The lowest BCUT2D eigenvalue weighted by molar-refractivity contribution is -0.134. The van der Waals surface area contributed by atoms with Crippen molar-refractivity contribution in [2.24, 2.45) is 5.92 Å². The highest BCUT2D eigenvalue weighted by Gasteiger charge is 2.31. The highest BCUT2D eigenvalue weighted by Crippen LogP contribution is 2.30. The highest BCUT2D eigenvalue weighted by molar-refractivity contribution is 7.89. The molecule has 0 amide bonds. The molecule has 2 atom stereocenters. The van der Waals surface area contributed by atoms with E-state index in [1.807, 2.05) is 18.2 Å². The molecule has 2 aromatic carbocycles. The molecule has 146 valence electrons. The van der Waals surface area contributed by atoms with E-state index in [0.29, 0.717) is 10.9 Å². The Hall–Kier alpha value is -1.89. The van der Waals surface area contributed by atoms with Crippen molar-refractivity contribution < 1.29 is 18.3 Å². The van der Waals surface area contributed by atoms with Gasteiger partial charge in [-0.05, 0) is 55.0 Å². The number of hydrogen-bond acceptors (Lipinski definition) is 3. The van der Waals surface area contributed by atoms with Gasteiger partial charge in [-0.2, -0.15) is 0 Å². The van der Waals surface area contributed by atoms with E-state index in [1.165, 1.54) is 5.56 Å². The minimum atomic E-state index is -3.49. The zero-order valence-corrected chi connectivity index (χ0v) is 16.7. The second-order valence-electron chi connectivity index (χ2n) is 6.58. The Morgan fingerprint density at radius 2 is 1.70 bits per heavy atom. The van der Waals surface area contributed by atoms with Gasteiger partial charge in [0.1, 0.15) is 0 Å². The molecule has 0 bridgehead atoms. The lowest BCUT2D eigenvalue weighted by Gasteiger charge is -2.21. The SMILES string of the molecule is CC(=O)O.O=S(=O)(NC1CCCC1Cc1ccccc1)c1ccc(Cl)cc1. The number of hydrogen-bond donors (Lipinski definition) is 2. The number of carboxylic acid groups (broad SMARTS) is 1. The summed E-state index contributed by atoms with van der Waals surface area (Å²) < 4.78 is 28.0. The number of benzene rings is 2. The van der Waals surface area contributed by atoms with Crippen LogP contribution in [0, 0.1) is 5.92 Å². The molecule has 2 unspecified atom stereocenters. The molecule has 0 saturated heterocycles. The van der Waals surface area contributed by atoms with Crippen molar-refractivity contribution >= 4 is 27.6 Å². The molecule has 0 radical (unpaired) electrons. The predicted molar refractivity (Wildman–Crippen MR) is 106 cm³/mol. The van der Waals surface area contributed by atoms with Gasteiger partial charge in [0.2, 0.25) is 10.0 Å². The van der Waals surface area contributed by atoms with Gasteiger partial charge in [-0.25, -0.2) is 13.1 Å². The van der Waals surface area contributed by atoms with E-state index in [0.717, 1.165) is 32.6 Å². The molecule has 1 fully saturated rings. The molecule has 1 saturated carbocycles. The molecule has 1 aliphatic rings. The third-order valence-corrected chi connectivity index (χ3v) is 6.19. The maximum absolute atomic E-state index is 12.5. The van der Waals surface area contributed by atoms with E-state index in [4.69, 9.17) is 21.5 Å². The van der Waals surface area contributed by atoms with Crippen LogP contribution in [0.25, 0.3) is 0 Å². The summed E-state index contributed by atoms with van der Waals surface area (Å²) >= 11 is 5.83. The van der Waals surface area contributed by atoms with Crippen molar-refractivity contribution in [3.8, 4) is 0 Å². The van der Waals surface area contributed by atoms with Crippen molar-refractivity contribution in [1.29, 1.82) is 0 Å². The number of nitrogens with one attached hydrogen (secondary N) is 1. The molecular formula is C20H24ClNO4S. The molecule has 0 aromatic heterocycles. The summed E-state index contributed by atoms with van der Waals surface area (Å²) in [5, 5.41) is 7.95. The number of sulfonamides is 1. The molecule has 1 aliphatic carbocycles. The standard InChI is InChI=1S/C18H20ClNO2S.C2H4O2/c19-16-9-11-17(12-10-16)23(21,22)20-18-8-4-7-15(18)13-14-5-2-1-3-6-14;1-2(3)4/h1-3,5-6,9-12,15,18,20H,4,7-8,13H2;1H3,(H,3,4). The fourth-order valence-corrected chi connectivity index (χ4v) is 4.70. The van der Waals surface area contributed by atoms with Crippen LogP contribution in [0.3, 0.4) is 0 Å². The Bertz CT molecular complexity index is 834. The van der Waals surface area contributed by atoms with Crippen molar-refractivity contribution in [3.05, 3.63) is 65.2 Å². The second-order valence-corrected chi connectivity index (χ2v) is 8.73. The molecule has 0 aliphatic heterocycles. The van der Waals surface area contributed by atoms with Crippen LogP contribution in [0.15, 0.2) is 59.5 Å². The maximum atomic E-state index is 12.5. The van der Waals surface area contributed by atoms with Gasteiger partial charge in [-0.3, -0.25) is 4.79 Å². The van der Waals surface area contributed by atoms with Crippen LogP contribution in [-0.4, -0.2) is 25.5 Å². The van der Waals surface area contributed by atoms with Crippen molar-refractivity contribution in [1.82, 2.24) is 4.72 Å². The van der Waals surface area contributed by atoms with Gasteiger partial charge in [0.05, 0.1) is 4.90 Å². The first-order valence-electron chi connectivity index (χ1n) is 8.79. The molecule has 0 spiro atoms. The van der Waals surface area contributed by atoms with Crippen LogP contribution in [0.4, 0.5) is 0 Å². The topological polar surface area (TPSA) is 83.5 Å². The van der Waals surface area contributed by atoms with E-state index in [9.17, 15) is 8.42 Å². The monoisotopic (exact) mass is 409 g/mol. The summed E-state index contributed by atoms with van der Waals surface area (Å²) in [5.41, 5.74) is 1.26. The molecule has 3 rings (SSSR count). The summed E-state index contributed by atoms with van der Waals surface area (Å²) in [4.78, 5) is 9.27. The van der Waals surface area contributed by atoms with Gasteiger partial charge < -0.3 is 5.11 Å². The fraction of sp³-hybridized carbons (Fsp3) is 0.350. The second kappa shape index (κ2) is 9.88. The Labute approximate surface area is 165 Å². The number of rotatable bonds is 5. The lowest BCUT2D eigenvalue weighted by Crippen LogP contribution is -2.38. The summed E-state index contributed by atoms with van der Waals surface area (Å²) in [7, 11) is -3.49. The van der Waals surface area contributed by atoms with E-state index >= 15 is 0 Å². The largest absolute Gasteiger partial charge is 0.481 e. The quantitative estimate of drug-likeness (QED) is 0.777. The summed E-state index contributed by atoms with van der Waals surface area (Å²) in [6.45, 7) is 1.08. The highest BCUT2D eigenvalue weighted by atomic mass is 35.5. The van der Waals surface area contributed by atoms with Crippen molar-refractivity contribution in [2.45, 2.75) is 43.5 Å². The Morgan fingerprint density at radius 1 is 1.11 bits per heavy atom. The Balaban J connectivity index is 0.000000596. The van der Waals surface area contributed by atoms with Gasteiger partial charge >= 0.3 is 0 Å². The van der Waals surface area contributed by atoms with Crippen LogP contribution in [-0.2, 0) is 21.2 Å². The van der Waals surface area contributed by atoms with Crippen molar-refractivity contribution in [3.63, 3.8) is 0 Å². The Morgan fingerprint density at radius 3 is 2.30 bits per heavy atom. The van der Waals surface area contributed by atoms with Gasteiger partial charge in [0.25, 0.3) is 5.97 Å². The third-order valence-electron chi connectivity index (χ3n) is 4.43. The van der Waals surface area contributed by atoms with Gasteiger partial charge in [-0.15, -0.1) is 0 Å². The van der Waals surface area contributed by atoms with E-state index in [2.05, 4.69) is 16.9 Å². The van der Waals surface area contributed by atoms with E-state index in [-0.39, 0.29) is 10.9 Å². The molecule has 5 nitrogen and oxygen atoms in total. The van der Waals surface area contributed by atoms with Crippen LogP contribution >= 0.6 is 11.6 Å². The number of halogens is 1. The normalized spacial score (nSPS) is 19.2. The predicted octanol–water partition coefficient (Wildman–Crippen LogP) is 4.12. The average molecular weight is 410 g/mol. The summed E-state index contributed by atoms with van der Waals surface area (Å²) in [6, 6.07) is 16.5. The zero-order chi connectivity index (χ0) is 19.9. The molecule has 2 aromatic rings. The van der Waals surface area contributed by atoms with Crippen LogP contribution in [0.2, 0.25) is 5.02 Å². The minimum absolute atomic E-state index is 0.00381. The van der Waals surface area contributed by atoms with Crippen LogP contribution < -0.4 is 4.72 Å². The number of carboxylic acids is 1. The zero-order valence-electron chi connectivity index (χ0n) is 15.1. The van der Waals surface area contributed by atoms with Crippen LogP contribution in [0.1, 0.15) is 31.7 Å². The molecule has 7 heteroatoms.